The number of guanidine groups is 1. The monoisotopic (exact) mass is 291 g/mol. The van der Waals surface area contributed by atoms with Crippen LogP contribution in [0.25, 0.3) is 0 Å². The minimum absolute atomic E-state index is 0.419. The summed E-state index contributed by atoms with van der Waals surface area (Å²) in [5, 5.41) is 3.20. The van der Waals surface area contributed by atoms with E-state index in [9.17, 15) is 0 Å². The molecule has 1 atom stereocenters. The molecular formula is C16H25N3O2. The van der Waals surface area contributed by atoms with Crippen molar-refractivity contribution in [2.24, 2.45) is 16.6 Å². The van der Waals surface area contributed by atoms with Crippen molar-refractivity contribution in [3.8, 4) is 11.5 Å². The maximum atomic E-state index is 5.84. The highest BCUT2D eigenvalue weighted by Crippen LogP contribution is 2.28. The second-order valence-electron chi connectivity index (χ2n) is 5.64. The summed E-state index contributed by atoms with van der Waals surface area (Å²) < 4.78 is 10.6. The van der Waals surface area contributed by atoms with Gasteiger partial charge in [0.15, 0.2) is 17.5 Å². The third-order valence-corrected chi connectivity index (χ3v) is 3.53. The van der Waals surface area contributed by atoms with Crippen LogP contribution >= 0.6 is 0 Å². The van der Waals surface area contributed by atoms with Gasteiger partial charge in [0.25, 0.3) is 0 Å². The van der Waals surface area contributed by atoms with E-state index in [0.717, 1.165) is 24.5 Å². The average Bonchev–Trinajstić information content (AvgIpc) is 3.29. The molecule has 1 fully saturated rings. The Bertz CT molecular complexity index is 498. The summed E-state index contributed by atoms with van der Waals surface area (Å²) in [6.45, 7) is 2.89. The Morgan fingerprint density at radius 1 is 1.33 bits per heavy atom. The maximum absolute atomic E-state index is 5.84. The van der Waals surface area contributed by atoms with Crippen LogP contribution in [0.15, 0.2) is 23.2 Å². The largest absolute Gasteiger partial charge is 0.493 e. The van der Waals surface area contributed by atoms with Crippen LogP contribution in [-0.4, -0.2) is 32.8 Å². The van der Waals surface area contributed by atoms with Crippen molar-refractivity contribution in [2.45, 2.75) is 32.2 Å². The second-order valence-corrected chi connectivity index (χ2v) is 5.64. The lowest BCUT2D eigenvalue weighted by atomic mass is 10.0. The Balaban J connectivity index is 1.87. The van der Waals surface area contributed by atoms with E-state index < -0.39 is 0 Å². The van der Waals surface area contributed by atoms with Crippen LogP contribution < -0.4 is 20.5 Å². The van der Waals surface area contributed by atoms with Crippen molar-refractivity contribution in [1.29, 1.82) is 0 Å². The molecule has 21 heavy (non-hydrogen) atoms. The van der Waals surface area contributed by atoms with Crippen molar-refractivity contribution in [3.05, 3.63) is 23.8 Å². The van der Waals surface area contributed by atoms with Gasteiger partial charge in [0.05, 0.1) is 14.2 Å². The van der Waals surface area contributed by atoms with Crippen molar-refractivity contribution in [1.82, 2.24) is 5.32 Å². The number of benzene rings is 1. The van der Waals surface area contributed by atoms with Gasteiger partial charge in [-0.3, -0.25) is 4.99 Å². The fraction of sp³-hybridized carbons (Fsp3) is 0.562. The summed E-state index contributed by atoms with van der Waals surface area (Å²) in [4.78, 5) is 4.40. The van der Waals surface area contributed by atoms with Crippen molar-refractivity contribution < 1.29 is 9.47 Å². The number of ether oxygens (including phenoxy) is 2. The number of methoxy groups -OCH3 is 2. The molecule has 1 aliphatic carbocycles. The van der Waals surface area contributed by atoms with E-state index in [4.69, 9.17) is 15.2 Å². The Morgan fingerprint density at radius 3 is 2.67 bits per heavy atom. The Morgan fingerprint density at radius 2 is 2.05 bits per heavy atom. The summed E-state index contributed by atoms with van der Waals surface area (Å²) >= 11 is 0. The first kappa shape index (κ1) is 15.5. The summed E-state index contributed by atoms with van der Waals surface area (Å²) in [5.74, 6) is 2.50. The SMILES string of the molecule is COc1ccc(CC(C)CN=C(N)NC2CC2)cc1OC. The van der Waals surface area contributed by atoms with Crippen LogP contribution in [0.5, 0.6) is 11.5 Å². The first-order chi connectivity index (χ1) is 10.1. The van der Waals surface area contributed by atoms with Crippen molar-refractivity contribution in [2.75, 3.05) is 20.8 Å². The zero-order chi connectivity index (χ0) is 15.2. The molecule has 0 aromatic heterocycles. The lowest BCUT2D eigenvalue weighted by Crippen LogP contribution is -2.33. The van der Waals surface area contributed by atoms with Gasteiger partial charge < -0.3 is 20.5 Å². The van der Waals surface area contributed by atoms with Gasteiger partial charge in [-0.05, 0) is 42.9 Å². The normalized spacial score (nSPS) is 16.4. The Hall–Kier alpha value is -1.91. The second kappa shape index (κ2) is 7.20. The molecule has 0 aliphatic heterocycles. The quantitative estimate of drug-likeness (QED) is 0.595. The van der Waals surface area contributed by atoms with E-state index in [0.29, 0.717) is 17.9 Å². The maximum Gasteiger partial charge on any atom is 0.188 e. The topological polar surface area (TPSA) is 68.9 Å². The standard InChI is InChI=1S/C16H25N3O2/c1-11(10-18-16(17)19-13-5-6-13)8-12-4-7-14(20-2)15(9-12)21-3/h4,7,9,11,13H,5-6,8,10H2,1-3H3,(H3,17,18,19). The minimum atomic E-state index is 0.419. The highest BCUT2D eigenvalue weighted by atomic mass is 16.5. The molecule has 0 saturated heterocycles. The summed E-state index contributed by atoms with van der Waals surface area (Å²) in [5.41, 5.74) is 7.05. The van der Waals surface area contributed by atoms with Crippen molar-refractivity contribution >= 4 is 5.96 Å². The van der Waals surface area contributed by atoms with Gasteiger partial charge in [-0.25, -0.2) is 0 Å². The van der Waals surface area contributed by atoms with Crippen LogP contribution in [0.4, 0.5) is 0 Å². The predicted molar refractivity (Wildman–Crippen MR) is 85.1 cm³/mol. The molecule has 0 heterocycles. The number of nitrogens with two attached hydrogens (primary N) is 1. The molecule has 0 amide bonds. The van der Waals surface area contributed by atoms with Gasteiger partial charge in [-0.2, -0.15) is 0 Å². The number of hydrogen-bond acceptors (Lipinski definition) is 3. The Kier molecular flexibility index (Phi) is 5.31. The lowest BCUT2D eigenvalue weighted by molar-refractivity contribution is 0.354. The summed E-state index contributed by atoms with van der Waals surface area (Å²) in [6.07, 6.45) is 3.34. The molecule has 1 saturated carbocycles. The predicted octanol–water partition coefficient (Wildman–Crippen LogP) is 1.95. The number of rotatable bonds is 7. The van der Waals surface area contributed by atoms with Crippen LogP contribution in [0.3, 0.4) is 0 Å². The molecule has 0 spiro atoms. The molecule has 3 N–H and O–H groups in total. The highest BCUT2D eigenvalue weighted by Gasteiger charge is 2.21. The first-order valence-corrected chi connectivity index (χ1v) is 7.39. The smallest absolute Gasteiger partial charge is 0.188 e. The minimum Gasteiger partial charge on any atom is -0.493 e. The van der Waals surface area contributed by atoms with Gasteiger partial charge in [0.2, 0.25) is 0 Å². The van der Waals surface area contributed by atoms with E-state index >= 15 is 0 Å². The van der Waals surface area contributed by atoms with Crippen LogP contribution in [0, 0.1) is 5.92 Å². The molecule has 1 aromatic carbocycles. The van der Waals surface area contributed by atoms with Gasteiger partial charge in [0, 0.05) is 12.6 Å². The van der Waals surface area contributed by atoms with Crippen molar-refractivity contribution in [3.63, 3.8) is 0 Å². The van der Waals surface area contributed by atoms with Gasteiger partial charge in [-0.15, -0.1) is 0 Å². The van der Waals surface area contributed by atoms with E-state index in [1.807, 2.05) is 12.1 Å². The third kappa shape index (κ3) is 4.85. The number of nitrogens with one attached hydrogen (secondary N) is 1. The number of hydrogen-bond donors (Lipinski definition) is 2. The van der Waals surface area contributed by atoms with E-state index in [1.165, 1.54) is 18.4 Å². The lowest BCUT2D eigenvalue weighted by Gasteiger charge is -2.13. The zero-order valence-corrected chi connectivity index (χ0v) is 13.1. The van der Waals surface area contributed by atoms with Gasteiger partial charge in [-0.1, -0.05) is 13.0 Å². The van der Waals surface area contributed by atoms with Gasteiger partial charge >= 0.3 is 0 Å². The fourth-order valence-electron chi connectivity index (χ4n) is 2.21. The summed E-state index contributed by atoms with van der Waals surface area (Å²) in [7, 11) is 3.30. The molecule has 116 valence electrons. The molecule has 5 nitrogen and oxygen atoms in total. The van der Waals surface area contributed by atoms with E-state index in [-0.39, 0.29) is 0 Å². The highest BCUT2D eigenvalue weighted by molar-refractivity contribution is 5.78. The van der Waals surface area contributed by atoms with Crippen LogP contribution in [-0.2, 0) is 6.42 Å². The Labute approximate surface area is 126 Å². The number of nitrogens with zero attached hydrogens (tertiary/aromatic N) is 1. The summed E-state index contributed by atoms with van der Waals surface area (Å²) in [6, 6.07) is 6.57. The molecule has 1 unspecified atom stereocenters. The van der Waals surface area contributed by atoms with Gasteiger partial charge in [0.1, 0.15) is 0 Å². The number of aliphatic imine (C=N–C) groups is 1. The molecule has 0 radical (unpaired) electrons. The molecule has 5 heteroatoms. The fourth-order valence-corrected chi connectivity index (χ4v) is 2.21. The molecular weight excluding hydrogens is 266 g/mol. The van der Waals surface area contributed by atoms with E-state index in [2.05, 4.69) is 23.3 Å². The van der Waals surface area contributed by atoms with Crippen LogP contribution in [0.1, 0.15) is 25.3 Å². The molecule has 2 rings (SSSR count). The molecule has 1 aromatic rings. The first-order valence-electron chi connectivity index (χ1n) is 7.39. The molecule has 1 aliphatic rings. The molecule has 0 bridgehead atoms. The zero-order valence-electron chi connectivity index (χ0n) is 13.1. The van der Waals surface area contributed by atoms with E-state index in [1.54, 1.807) is 14.2 Å². The third-order valence-electron chi connectivity index (χ3n) is 3.53. The van der Waals surface area contributed by atoms with Crippen LogP contribution in [0.2, 0.25) is 0 Å². The average molecular weight is 291 g/mol.